The second kappa shape index (κ2) is 7.73. The highest BCUT2D eigenvalue weighted by Gasteiger charge is 2.18. The van der Waals surface area contributed by atoms with E-state index in [1.54, 1.807) is 13.0 Å². The van der Waals surface area contributed by atoms with Gasteiger partial charge in [0.05, 0.1) is 0 Å². The average Bonchev–Trinajstić information content (AvgIpc) is 2.68. The SMILES string of the molecule is CC(=O)CCCCCCc1ccc2ccc3ccc(S(=O)(=O)O)c4ccc1c2c34. The molecule has 0 saturated heterocycles. The van der Waals surface area contributed by atoms with E-state index < -0.39 is 10.1 Å². The molecule has 0 fully saturated rings. The summed E-state index contributed by atoms with van der Waals surface area (Å²) in [6.45, 7) is 1.64. The molecule has 4 nitrogen and oxygen atoms in total. The summed E-state index contributed by atoms with van der Waals surface area (Å²) in [5.41, 5.74) is 1.25. The Morgan fingerprint density at radius 2 is 1.38 bits per heavy atom. The molecule has 4 aromatic carbocycles. The van der Waals surface area contributed by atoms with Crippen LogP contribution in [0.25, 0.3) is 32.3 Å². The summed E-state index contributed by atoms with van der Waals surface area (Å²) in [6.07, 6.45) is 5.75. The third kappa shape index (κ3) is 3.85. The molecule has 0 aliphatic rings. The highest BCUT2D eigenvalue weighted by molar-refractivity contribution is 7.86. The molecule has 4 rings (SSSR count). The number of ketones is 1. The Labute approximate surface area is 170 Å². The summed E-state index contributed by atoms with van der Waals surface area (Å²) in [4.78, 5) is 11.0. The van der Waals surface area contributed by atoms with Gasteiger partial charge in [-0.05, 0) is 64.7 Å². The maximum Gasteiger partial charge on any atom is 0.295 e. The molecule has 0 spiro atoms. The summed E-state index contributed by atoms with van der Waals surface area (Å²) in [7, 11) is -4.29. The van der Waals surface area contributed by atoms with Crippen molar-refractivity contribution in [2.45, 2.75) is 50.3 Å². The largest absolute Gasteiger partial charge is 0.300 e. The molecule has 29 heavy (non-hydrogen) atoms. The number of hydrogen-bond acceptors (Lipinski definition) is 3. The Bertz CT molecular complexity index is 1310. The number of unbranched alkanes of at least 4 members (excludes halogenated alkanes) is 3. The monoisotopic (exact) mass is 408 g/mol. The van der Waals surface area contributed by atoms with Gasteiger partial charge in [-0.1, -0.05) is 55.3 Å². The van der Waals surface area contributed by atoms with Crippen LogP contribution >= 0.6 is 0 Å². The van der Waals surface area contributed by atoms with Crippen molar-refractivity contribution in [2.24, 2.45) is 0 Å². The van der Waals surface area contributed by atoms with Crippen LogP contribution in [0.4, 0.5) is 0 Å². The number of benzene rings is 4. The van der Waals surface area contributed by atoms with Crippen LogP contribution in [0.3, 0.4) is 0 Å². The van der Waals surface area contributed by atoms with E-state index in [-0.39, 0.29) is 10.7 Å². The number of carbonyl (C=O) groups excluding carboxylic acids is 1. The van der Waals surface area contributed by atoms with Crippen LogP contribution in [0.2, 0.25) is 0 Å². The quantitative estimate of drug-likeness (QED) is 0.223. The van der Waals surface area contributed by atoms with Gasteiger partial charge >= 0.3 is 0 Å². The fraction of sp³-hybridized carbons (Fsp3) is 0.292. The third-order valence-electron chi connectivity index (χ3n) is 5.72. The molecule has 0 radical (unpaired) electrons. The molecule has 150 valence electrons. The first-order valence-corrected chi connectivity index (χ1v) is 11.5. The Morgan fingerprint density at radius 1 is 0.793 bits per heavy atom. The second-order valence-electron chi connectivity index (χ2n) is 7.80. The van der Waals surface area contributed by atoms with E-state index in [1.807, 2.05) is 18.2 Å². The van der Waals surface area contributed by atoms with Crippen molar-refractivity contribution in [3.8, 4) is 0 Å². The lowest BCUT2D eigenvalue weighted by Gasteiger charge is -2.15. The first-order chi connectivity index (χ1) is 13.9. The standard InChI is InChI=1S/C24H24O4S/c1-16(25)6-4-2-3-5-7-17-8-9-18-10-11-19-12-15-22(29(26,27)28)21-14-13-20(17)23(18)24(19)21/h8-15H,2-7H2,1H3,(H,26,27,28). The van der Waals surface area contributed by atoms with Crippen molar-refractivity contribution in [3.05, 3.63) is 54.1 Å². The Morgan fingerprint density at radius 3 is 2.07 bits per heavy atom. The minimum atomic E-state index is -4.29. The topological polar surface area (TPSA) is 71.4 Å². The van der Waals surface area contributed by atoms with Gasteiger partial charge < -0.3 is 4.79 Å². The summed E-state index contributed by atoms with van der Waals surface area (Å²) in [6, 6.07) is 15.3. The fourth-order valence-electron chi connectivity index (χ4n) is 4.32. The molecular weight excluding hydrogens is 384 g/mol. The van der Waals surface area contributed by atoms with Gasteiger partial charge in [0.1, 0.15) is 10.7 Å². The van der Waals surface area contributed by atoms with Gasteiger partial charge in [0, 0.05) is 11.8 Å². The van der Waals surface area contributed by atoms with E-state index in [4.69, 9.17) is 0 Å². The second-order valence-corrected chi connectivity index (χ2v) is 9.19. The first kappa shape index (κ1) is 19.8. The Hall–Kier alpha value is -2.50. The minimum Gasteiger partial charge on any atom is -0.300 e. The fourth-order valence-corrected chi connectivity index (χ4v) is 5.01. The van der Waals surface area contributed by atoms with Gasteiger partial charge in [0.25, 0.3) is 10.1 Å². The van der Waals surface area contributed by atoms with Crippen LogP contribution in [-0.4, -0.2) is 18.8 Å². The number of rotatable bonds is 8. The zero-order valence-electron chi connectivity index (χ0n) is 16.4. The molecule has 0 aliphatic carbocycles. The van der Waals surface area contributed by atoms with Crippen molar-refractivity contribution in [2.75, 3.05) is 0 Å². The highest BCUT2D eigenvalue weighted by Crippen LogP contribution is 2.38. The molecule has 4 aromatic rings. The van der Waals surface area contributed by atoms with E-state index in [9.17, 15) is 17.8 Å². The van der Waals surface area contributed by atoms with Crippen LogP contribution in [0.5, 0.6) is 0 Å². The molecule has 0 bridgehead atoms. The minimum absolute atomic E-state index is 0.0460. The first-order valence-electron chi connectivity index (χ1n) is 10.0. The maximum absolute atomic E-state index is 11.9. The van der Waals surface area contributed by atoms with Crippen LogP contribution in [-0.2, 0) is 21.3 Å². The number of hydrogen-bond donors (Lipinski definition) is 1. The van der Waals surface area contributed by atoms with Gasteiger partial charge in [-0.3, -0.25) is 4.55 Å². The van der Waals surface area contributed by atoms with E-state index >= 15 is 0 Å². The number of aryl methyl sites for hydroxylation is 1. The smallest absolute Gasteiger partial charge is 0.295 e. The third-order valence-corrected chi connectivity index (χ3v) is 6.63. The summed E-state index contributed by atoms with van der Waals surface area (Å²) >= 11 is 0. The van der Waals surface area contributed by atoms with Gasteiger partial charge in [-0.25, -0.2) is 0 Å². The van der Waals surface area contributed by atoms with Crippen LogP contribution in [0.1, 0.15) is 44.6 Å². The van der Waals surface area contributed by atoms with Crippen LogP contribution in [0.15, 0.2) is 53.4 Å². The zero-order valence-corrected chi connectivity index (χ0v) is 17.3. The van der Waals surface area contributed by atoms with Crippen molar-refractivity contribution in [1.29, 1.82) is 0 Å². The van der Waals surface area contributed by atoms with E-state index in [2.05, 4.69) is 18.2 Å². The molecule has 0 unspecified atom stereocenters. The molecule has 0 amide bonds. The molecule has 1 N–H and O–H groups in total. The maximum atomic E-state index is 11.9. The number of carbonyl (C=O) groups is 1. The average molecular weight is 409 g/mol. The molecule has 0 atom stereocenters. The summed E-state index contributed by atoms with van der Waals surface area (Å²) < 4.78 is 33.3. The predicted molar refractivity (Wildman–Crippen MR) is 117 cm³/mol. The van der Waals surface area contributed by atoms with Crippen molar-refractivity contribution in [1.82, 2.24) is 0 Å². The Kier molecular flexibility index (Phi) is 5.28. The number of Topliss-reactive ketones (excluding diaryl/α,β-unsaturated/α-hetero) is 1. The molecule has 5 heteroatoms. The van der Waals surface area contributed by atoms with Crippen LogP contribution < -0.4 is 0 Å². The molecule has 0 heterocycles. The van der Waals surface area contributed by atoms with E-state index in [0.717, 1.165) is 59.0 Å². The normalized spacial score (nSPS) is 12.3. The molecule has 0 saturated carbocycles. The van der Waals surface area contributed by atoms with Gasteiger partial charge in [-0.2, -0.15) is 8.42 Å². The summed E-state index contributed by atoms with van der Waals surface area (Å²) in [5.74, 6) is 0.251. The van der Waals surface area contributed by atoms with Crippen molar-refractivity contribution < 1.29 is 17.8 Å². The zero-order chi connectivity index (χ0) is 20.6. The van der Waals surface area contributed by atoms with Gasteiger partial charge in [0.2, 0.25) is 0 Å². The van der Waals surface area contributed by atoms with E-state index in [0.29, 0.717) is 11.8 Å². The van der Waals surface area contributed by atoms with Gasteiger partial charge in [-0.15, -0.1) is 0 Å². The molecule has 0 aliphatic heterocycles. The van der Waals surface area contributed by atoms with Crippen LogP contribution in [0, 0.1) is 0 Å². The predicted octanol–water partition coefficient (Wildman–Crippen LogP) is 5.91. The highest BCUT2D eigenvalue weighted by atomic mass is 32.2. The van der Waals surface area contributed by atoms with E-state index in [1.165, 1.54) is 11.6 Å². The lowest BCUT2D eigenvalue weighted by atomic mass is 9.90. The Balaban J connectivity index is 1.72. The van der Waals surface area contributed by atoms with Crippen molar-refractivity contribution >= 4 is 48.2 Å². The lowest BCUT2D eigenvalue weighted by Crippen LogP contribution is -2.00. The van der Waals surface area contributed by atoms with Crippen molar-refractivity contribution in [3.63, 3.8) is 0 Å². The molecule has 0 aromatic heterocycles. The van der Waals surface area contributed by atoms with Gasteiger partial charge in [0.15, 0.2) is 0 Å². The molecular formula is C24H24O4S. The lowest BCUT2D eigenvalue weighted by molar-refractivity contribution is -0.117. The summed E-state index contributed by atoms with van der Waals surface area (Å²) in [5, 5.41) is 5.67.